The highest BCUT2D eigenvalue weighted by Gasteiger charge is 2.24. The van der Waals surface area contributed by atoms with Gasteiger partial charge in [-0.05, 0) is 63.9 Å². The molecule has 0 saturated carbocycles. The maximum atomic E-state index is 12.5. The monoisotopic (exact) mass is 360 g/mol. The molecule has 5 nitrogen and oxygen atoms in total. The zero-order chi connectivity index (χ0) is 17.0. The molecule has 0 radical (unpaired) electrons. The van der Waals surface area contributed by atoms with Gasteiger partial charge in [0, 0.05) is 17.6 Å². The first kappa shape index (κ1) is 18.5. The third-order valence-electron chi connectivity index (χ3n) is 4.36. The van der Waals surface area contributed by atoms with Gasteiger partial charge in [0.15, 0.2) is 0 Å². The number of hydrogen-bond donors (Lipinski definition) is 1. The standard InChI is InChI=1S/C16H25ClN2O3S/c1-12(2)19-8-6-13(7-9-19)11-18-23(20,21)16-10-14(17)4-5-15(16)22-3/h4-5,10,12-13,18H,6-9,11H2,1-3H3. The van der Waals surface area contributed by atoms with E-state index in [4.69, 9.17) is 16.3 Å². The van der Waals surface area contributed by atoms with E-state index in [1.54, 1.807) is 12.1 Å². The normalized spacial score (nSPS) is 17.6. The zero-order valence-electron chi connectivity index (χ0n) is 13.9. The van der Waals surface area contributed by atoms with Crippen molar-refractivity contribution in [1.82, 2.24) is 9.62 Å². The fourth-order valence-corrected chi connectivity index (χ4v) is 4.39. The first-order valence-corrected chi connectivity index (χ1v) is 9.77. The molecule has 0 spiro atoms. The maximum absolute atomic E-state index is 12.5. The number of likely N-dealkylation sites (tertiary alicyclic amines) is 1. The van der Waals surface area contributed by atoms with Crippen LogP contribution in [0.5, 0.6) is 5.75 Å². The Morgan fingerprint density at radius 2 is 2.00 bits per heavy atom. The lowest BCUT2D eigenvalue weighted by Gasteiger charge is -2.34. The molecule has 1 N–H and O–H groups in total. The smallest absolute Gasteiger partial charge is 0.244 e. The van der Waals surface area contributed by atoms with Gasteiger partial charge in [-0.2, -0.15) is 0 Å². The van der Waals surface area contributed by atoms with E-state index in [1.165, 1.54) is 13.2 Å². The Morgan fingerprint density at radius 1 is 1.35 bits per heavy atom. The second-order valence-electron chi connectivity index (χ2n) is 6.22. The minimum atomic E-state index is -3.63. The number of halogens is 1. The summed E-state index contributed by atoms with van der Waals surface area (Å²) in [6, 6.07) is 5.15. The number of benzene rings is 1. The number of piperidine rings is 1. The molecule has 0 aromatic heterocycles. The van der Waals surface area contributed by atoms with Gasteiger partial charge in [-0.15, -0.1) is 0 Å². The van der Waals surface area contributed by atoms with Crippen LogP contribution in [-0.4, -0.2) is 46.1 Å². The number of hydrogen-bond acceptors (Lipinski definition) is 4. The summed E-state index contributed by atoms with van der Waals surface area (Å²) in [5, 5.41) is 0.372. The van der Waals surface area contributed by atoms with Crippen LogP contribution in [0.3, 0.4) is 0 Å². The van der Waals surface area contributed by atoms with Crippen molar-refractivity contribution in [2.45, 2.75) is 37.6 Å². The summed E-state index contributed by atoms with van der Waals surface area (Å²) in [4.78, 5) is 2.51. The summed E-state index contributed by atoms with van der Waals surface area (Å²) >= 11 is 5.92. The van der Waals surface area contributed by atoms with Crippen LogP contribution >= 0.6 is 11.6 Å². The van der Waals surface area contributed by atoms with E-state index in [1.807, 2.05) is 0 Å². The minimum absolute atomic E-state index is 0.0899. The lowest BCUT2D eigenvalue weighted by Crippen LogP contribution is -2.41. The van der Waals surface area contributed by atoms with Crippen LogP contribution < -0.4 is 9.46 Å². The average molecular weight is 361 g/mol. The Kier molecular flexibility index (Phi) is 6.31. The summed E-state index contributed by atoms with van der Waals surface area (Å²) < 4.78 is 32.9. The predicted molar refractivity (Wildman–Crippen MR) is 92.6 cm³/mol. The lowest BCUT2D eigenvalue weighted by atomic mass is 9.96. The van der Waals surface area contributed by atoms with Crippen LogP contribution in [0.1, 0.15) is 26.7 Å². The molecule has 7 heteroatoms. The van der Waals surface area contributed by atoms with Crippen molar-refractivity contribution in [2.75, 3.05) is 26.7 Å². The average Bonchev–Trinajstić information content (AvgIpc) is 2.53. The van der Waals surface area contributed by atoms with E-state index in [0.29, 0.717) is 29.3 Å². The Bertz CT molecular complexity index is 626. The van der Waals surface area contributed by atoms with Crippen LogP contribution in [0.25, 0.3) is 0 Å². The molecule has 1 aliphatic heterocycles. The molecule has 23 heavy (non-hydrogen) atoms. The van der Waals surface area contributed by atoms with Crippen molar-refractivity contribution in [3.05, 3.63) is 23.2 Å². The predicted octanol–water partition coefficient (Wildman–Crippen LogP) is 2.75. The molecule has 0 amide bonds. The fraction of sp³-hybridized carbons (Fsp3) is 0.625. The fourth-order valence-electron chi connectivity index (χ4n) is 2.84. The highest BCUT2D eigenvalue weighted by Crippen LogP contribution is 2.27. The summed E-state index contributed by atoms with van der Waals surface area (Å²) in [5.41, 5.74) is 0. The van der Waals surface area contributed by atoms with Crippen molar-refractivity contribution in [1.29, 1.82) is 0 Å². The quantitative estimate of drug-likeness (QED) is 0.847. The highest BCUT2D eigenvalue weighted by molar-refractivity contribution is 7.89. The van der Waals surface area contributed by atoms with Gasteiger partial charge in [0.05, 0.1) is 7.11 Å². The van der Waals surface area contributed by atoms with Crippen LogP contribution in [0.15, 0.2) is 23.1 Å². The van der Waals surface area contributed by atoms with Gasteiger partial charge in [0.25, 0.3) is 0 Å². The van der Waals surface area contributed by atoms with Crippen LogP contribution in [-0.2, 0) is 10.0 Å². The Morgan fingerprint density at radius 3 is 2.57 bits per heavy atom. The van der Waals surface area contributed by atoms with Crippen molar-refractivity contribution >= 4 is 21.6 Å². The Balaban J connectivity index is 1.99. The van der Waals surface area contributed by atoms with Crippen LogP contribution in [0.4, 0.5) is 0 Å². The summed E-state index contributed by atoms with van der Waals surface area (Å²) in [5.74, 6) is 0.668. The minimum Gasteiger partial charge on any atom is -0.495 e. The summed E-state index contributed by atoms with van der Waals surface area (Å²) in [6.07, 6.45) is 2.01. The molecule has 0 atom stereocenters. The van der Waals surface area contributed by atoms with Gasteiger partial charge in [0.1, 0.15) is 10.6 Å². The van der Waals surface area contributed by atoms with Crippen molar-refractivity contribution in [3.8, 4) is 5.75 Å². The molecule has 1 fully saturated rings. The van der Waals surface area contributed by atoms with Crippen molar-refractivity contribution in [2.24, 2.45) is 5.92 Å². The summed E-state index contributed by atoms with van der Waals surface area (Å²) in [7, 11) is -2.18. The van der Waals surface area contributed by atoms with E-state index in [-0.39, 0.29) is 4.90 Å². The molecule has 2 rings (SSSR count). The molecule has 1 aliphatic rings. The van der Waals surface area contributed by atoms with Gasteiger partial charge in [-0.1, -0.05) is 11.6 Å². The molecule has 0 unspecified atom stereocenters. The molecular formula is C16H25ClN2O3S. The number of sulfonamides is 1. The van der Waals surface area contributed by atoms with E-state index in [2.05, 4.69) is 23.5 Å². The third kappa shape index (κ3) is 4.83. The van der Waals surface area contributed by atoms with Gasteiger partial charge in [-0.25, -0.2) is 13.1 Å². The number of nitrogens with zero attached hydrogens (tertiary/aromatic N) is 1. The van der Waals surface area contributed by atoms with E-state index in [0.717, 1.165) is 25.9 Å². The number of rotatable bonds is 6. The van der Waals surface area contributed by atoms with Gasteiger partial charge in [0.2, 0.25) is 10.0 Å². The maximum Gasteiger partial charge on any atom is 0.244 e. The summed E-state index contributed by atoms with van der Waals surface area (Å²) in [6.45, 7) is 6.86. The van der Waals surface area contributed by atoms with E-state index in [9.17, 15) is 8.42 Å². The molecular weight excluding hydrogens is 336 g/mol. The molecule has 1 heterocycles. The highest BCUT2D eigenvalue weighted by atomic mass is 35.5. The Labute approximate surface area is 144 Å². The van der Waals surface area contributed by atoms with Crippen molar-refractivity contribution < 1.29 is 13.2 Å². The van der Waals surface area contributed by atoms with E-state index < -0.39 is 10.0 Å². The lowest BCUT2D eigenvalue weighted by molar-refractivity contribution is 0.150. The molecule has 1 aromatic carbocycles. The first-order valence-electron chi connectivity index (χ1n) is 7.90. The number of methoxy groups -OCH3 is 1. The van der Waals surface area contributed by atoms with Gasteiger partial charge < -0.3 is 9.64 Å². The molecule has 1 aromatic rings. The van der Waals surface area contributed by atoms with Crippen LogP contribution in [0.2, 0.25) is 5.02 Å². The van der Waals surface area contributed by atoms with Gasteiger partial charge in [-0.3, -0.25) is 0 Å². The topological polar surface area (TPSA) is 58.6 Å². The Hall–Kier alpha value is -0.820. The molecule has 0 aliphatic carbocycles. The second-order valence-corrected chi connectivity index (χ2v) is 8.39. The van der Waals surface area contributed by atoms with Gasteiger partial charge >= 0.3 is 0 Å². The zero-order valence-corrected chi connectivity index (χ0v) is 15.5. The first-order chi connectivity index (χ1) is 10.8. The molecule has 1 saturated heterocycles. The van der Waals surface area contributed by atoms with E-state index >= 15 is 0 Å². The third-order valence-corrected chi connectivity index (χ3v) is 6.04. The molecule has 0 bridgehead atoms. The number of nitrogens with one attached hydrogen (secondary N) is 1. The SMILES string of the molecule is COc1ccc(Cl)cc1S(=O)(=O)NCC1CCN(C(C)C)CC1. The second kappa shape index (κ2) is 7.83. The largest absolute Gasteiger partial charge is 0.495 e. The van der Waals surface area contributed by atoms with Crippen LogP contribution in [0, 0.1) is 5.92 Å². The number of ether oxygens (including phenoxy) is 1. The molecule has 130 valence electrons. The van der Waals surface area contributed by atoms with Crippen molar-refractivity contribution in [3.63, 3.8) is 0 Å².